The maximum absolute atomic E-state index is 11.2. The molecule has 0 saturated carbocycles. The molecule has 0 rings (SSSR count). The van der Waals surface area contributed by atoms with Crippen molar-refractivity contribution in [2.75, 3.05) is 32.6 Å². The van der Waals surface area contributed by atoms with Gasteiger partial charge < -0.3 is 17.8 Å². The third-order valence-electron chi connectivity index (χ3n) is 2.50. The van der Waals surface area contributed by atoms with Gasteiger partial charge in [-0.1, -0.05) is 27.7 Å². The molecule has 0 bridgehead atoms. The van der Waals surface area contributed by atoms with E-state index in [2.05, 4.69) is 5.87 Å². The molecular formula is C12H26NO4S2-. The van der Waals surface area contributed by atoms with E-state index in [1.165, 1.54) is 0 Å². The lowest BCUT2D eigenvalue weighted by molar-refractivity contribution is 0.0178. The predicted molar refractivity (Wildman–Crippen MR) is 81.8 cm³/mol. The molecule has 0 aromatic heterocycles. The first-order valence-corrected chi connectivity index (χ1v) is 8.58. The summed E-state index contributed by atoms with van der Waals surface area (Å²) in [6.07, 6.45) is 0. The Hall–Kier alpha value is 0.0500. The van der Waals surface area contributed by atoms with Gasteiger partial charge in [0, 0.05) is 5.41 Å². The summed E-state index contributed by atoms with van der Waals surface area (Å²) in [7, 11) is 0.521. The van der Waals surface area contributed by atoms with Crippen LogP contribution in [0.2, 0.25) is 0 Å². The van der Waals surface area contributed by atoms with E-state index in [0.717, 1.165) is 0 Å². The van der Waals surface area contributed by atoms with Crippen molar-refractivity contribution in [1.29, 1.82) is 0 Å². The fourth-order valence-electron chi connectivity index (χ4n) is 1.70. The van der Waals surface area contributed by atoms with E-state index in [1.54, 1.807) is 11.4 Å². The Morgan fingerprint density at radius 2 is 1.74 bits per heavy atom. The van der Waals surface area contributed by atoms with Gasteiger partial charge in [0.1, 0.15) is 0 Å². The molecule has 0 fully saturated rings. The van der Waals surface area contributed by atoms with Crippen LogP contribution in [0.25, 0.3) is 0 Å². The summed E-state index contributed by atoms with van der Waals surface area (Å²) in [6, 6.07) is 0. The molecule has 19 heavy (non-hydrogen) atoms. The molecule has 0 saturated heterocycles. The van der Waals surface area contributed by atoms with Gasteiger partial charge in [0.05, 0.1) is 19.0 Å². The summed E-state index contributed by atoms with van der Waals surface area (Å²) in [5.74, 6) is 3.66. The summed E-state index contributed by atoms with van der Waals surface area (Å²) < 4.78 is 38.2. The fourth-order valence-corrected chi connectivity index (χ4v) is 2.95. The topological polar surface area (TPSA) is 66.8 Å². The zero-order valence-electron chi connectivity index (χ0n) is 12.5. The summed E-state index contributed by atoms with van der Waals surface area (Å²) in [5.41, 5.74) is -0.493. The van der Waals surface area contributed by atoms with Crippen LogP contribution in [0, 0.1) is 10.8 Å². The minimum atomic E-state index is -1.81. The van der Waals surface area contributed by atoms with Gasteiger partial charge in [0.25, 0.3) is 0 Å². The smallest absolute Gasteiger partial charge is 0.153 e. The molecule has 5 nitrogen and oxygen atoms in total. The molecule has 0 spiro atoms. The van der Waals surface area contributed by atoms with E-state index < -0.39 is 21.7 Å². The second kappa shape index (κ2) is 7.73. The molecule has 0 aromatic carbocycles. The lowest BCUT2D eigenvalue weighted by atomic mass is 9.94. The Labute approximate surface area is 121 Å². The van der Waals surface area contributed by atoms with Gasteiger partial charge in [0.2, 0.25) is 0 Å². The largest absolute Gasteiger partial charge is 0.448 e. The second-order valence-corrected chi connectivity index (χ2v) is 8.59. The van der Waals surface area contributed by atoms with E-state index in [9.17, 15) is 8.42 Å². The minimum absolute atomic E-state index is 0.156. The molecule has 7 heteroatoms. The molecule has 0 radical (unpaired) electrons. The van der Waals surface area contributed by atoms with Crippen molar-refractivity contribution in [2.24, 2.45) is 10.8 Å². The second-order valence-electron chi connectivity index (χ2n) is 6.39. The standard InChI is InChI=1S/C12H26NO4S2/c1-11(2,7-13(5)18(6)14)8-17-9-12(3,4)10-19(15)16/h6-10H2,1-5H3,(H,15,16)/q-1. The zero-order valence-corrected chi connectivity index (χ0v) is 14.1. The van der Waals surface area contributed by atoms with Crippen molar-refractivity contribution in [3.05, 3.63) is 0 Å². The minimum Gasteiger partial charge on any atom is -0.448 e. The summed E-state index contributed by atoms with van der Waals surface area (Å²) >= 11 is -1.81. The Morgan fingerprint density at radius 3 is 2.16 bits per heavy atom. The Kier molecular flexibility index (Phi) is 7.75. The van der Waals surface area contributed by atoms with Gasteiger partial charge in [-0.3, -0.25) is 0 Å². The van der Waals surface area contributed by atoms with Crippen molar-refractivity contribution in [3.8, 4) is 0 Å². The number of hydrogen-bond donors (Lipinski definition) is 1. The van der Waals surface area contributed by atoms with Crippen LogP contribution in [0.15, 0.2) is 0 Å². The van der Waals surface area contributed by atoms with Crippen LogP contribution in [0.1, 0.15) is 27.7 Å². The lowest BCUT2D eigenvalue weighted by Gasteiger charge is -2.34. The first-order valence-electron chi connectivity index (χ1n) is 6.03. The van der Waals surface area contributed by atoms with Crippen LogP contribution in [0.3, 0.4) is 0 Å². The van der Waals surface area contributed by atoms with Gasteiger partial charge in [-0.25, -0.2) is 14.8 Å². The van der Waals surface area contributed by atoms with Crippen LogP contribution in [-0.4, -0.2) is 51.5 Å². The third kappa shape index (κ3) is 9.56. The molecule has 0 aliphatic heterocycles. The first kappa shape index (κ1) is 19.1. The average Bonchev–Trinajstić information content (AvgIpc) is 2.12. The van der Waals surface area contributed by atoms with E-state index >= 15 is 0 Å². The number of rotatable bonds is 9. The molecule has 0 aromatic rings. The Morgan fingerprint density at radius 1 is 1.26 bits per heavy atom. The fraction of sp³-hybridized carbons (Fsp3) is 0.917. The van der Waals surface area contributed by atoms with Gasteiger partial charge in [-0.15, -0.1) is 0 Å². The molecule has 0 aliphatic carbocycles. The normalized spacial score (nSPS) is 15.2. The van der Waals surface area contributed by atoms with Crippen LogP contribution >= 0.6 is 0 Å². The molecule has 1 unspecified atom stereocenters. The average molecular weight is 312 g/mol. The quantitative estimate of drug-likeness (QED) is 0.398. The van der Waals surface area contributed by atoms with Crippen LogP contribution in [0.5, 0.6) is 0 Å². The van der Waals surface area contributed by atoms with Crippen molar-refractivity contribution in [2.45, 2.75) is 27.7 Å². The van der Waals surface area contributed by atoms with Gasteiger partial charge in [0.15, 0.2) is 11.1 Å². The highest BCUT2D eigenvalue weighted by Crippen LogP contribution is 2.21. The van der Waals surface area contributed by atoms with Gasteiger partial charge >= 0.3 is 0 Å². The Bertz CT molecular complexity index is 370. The molecule has 0 aliphatic rings. The number of ether oxygens (including phenoxy) is 1. The van der Waals surface area contributed by atoms with Crippen molar-refractivity contribution >= 4 is 27.5 Å². The third-order valence-corrected chi connectivity index (χ3v) is 4.35. The zero-order chi connectivity index (χ0) is 15.3. The monoisotopic (exact) mass is 312 g/mol. The molecule has 116 valence electrons. The Balaban J connectivity index is 4.21. The highest BCUT2D eigenvalue weighted by Gasteiger charge is 2.24. The lowest BCUT2D eigenvalue weighted by Crippen LogP contribution is -2.35. The van der Waals surface area contributed by atoms with E-state index in [1.807, 2.05) is 27.7 Å². The van der Waals surface area contributed by atoms with E-state index in [4.69, 9.17) is 9.29 Å². The van der Waals surface area contributed by atoms with Crippen LogP contribution in [-0.2, 0) is 30.6 Å². The summed E-state index contributed by atoms with van der Waals surface area (Å²) in [5, 5.41) is 0. The maximum Gasteiger partial charge on any atom is 0.153 e. The molecule has 1 atom stereocenters. The van der Waals surface area contributed by atoms with E-state index in [-0.39, 0.29) is 16.6 Å². The van der Waals surface area contributed by atoms with E-state index in [0.29, 0.717) is 19.8 Å². The van der Waals surface area contributed by atoms with Crippen molar-refractivity contribution in [1.82, 2.24) is 4.31 Å². The molecule has 0 amide bonds. The highest BCUT2D eigenvalue weighted by atomic mass is 32.2. The summed E-state index contributed by atoms with van der Waals surface area (Å²) in [4.78, 5) is 0. The first-order chi connectivity index (χ1) is 8.45. The molecular weight excluding hydrogens is 286 g/mol. The SMILES string of the molecule is C=[S-](=O)N(C)CC(C)(C)COCC(C)(C)CS(=O)O. The van der Waals surface area contributed by atoms with Crippen LogP contribution in [0.4, 0.5) is 0 Å². The summed E-state index contributed by atoms with van der Waals surface area (Å²) in [6.45, 7) is 9.35. The molecule has 0 heterocycles. The maximum atomic E-state index is 11.2. The van der Waals surface area contributed by atoms with Crippen molar-refractivity contribution < 1.29 is 17.7 Å². The van der Waals surface area contributed by atoms with Crippen LogP contribution < -0.4 is 0 Å². The van der Waals surface area contributed by atoms with Gasteiger partial charge in [-0.2, -0.15) is 5.87 Å². The van der Waals surface area contributed by atoms with Crippen molar-refractivity contribution in [3.63, 3.8) is 0 Å². The number of nitrogens with zero attached hydrogens (tertiary/aromatic N) is 1. The molecule has 1 N–H and O–H groups in total. The van der Waals surface area contributed by atoms with Gasteiger partial charge in [-0.05, 0) is 19.0 Å². The predicted octanol–water partition coefficient (Wildman–Crippen LogP) is 1.52. The number of hydrogen-bond acceptors (Lipinski definition) is 4. The highest BCUT2D eigenvalue weighted by molar-refractivity contribution is 7.80.